The van der Waals surface area contributed by atoms with E-state index in [0.717, 1.165) is 29.6 Å². The third kappa shape index (κ3) is 5.43. The summed E-state index contributed by atoms with van der Waals surface area (Å²) in [6.07, 6.45) is 13.6. The van der Waals surface area contributed by atoms with Crippen molar-refractivity contribution in [3.8, 4) is 0 Å². The highest BCUT2D eigenvalue weighted by Crippen LogP contribution is 2.40. The zero-order chi connectivity index (χ0) is 16.8. The van der Waals surface area contributed by atoms with Gasteiger partial charge in [0.2, 0.25) is 0 Å². The molecule has 1 atom stereocenters. The Morgan fingerprint density at radius 1 is 1.23 bits per heavy atom. The van der Waals surface area contributed by atoms with E-state index < -0.39 is 0 Å². The Morgan fingerprint density at radius 2 is 1.91 bits per heavy atom. The van der Waals surface area contributed by atoms with Crippen LogP contribution in [0.25, 0.3) is 0 Å². The summed E-state index contributed by atoms with van der Waals surface area (Å²) in [7, 11) is 0. The molecule has 2 N–H and O–H groups in total. The number of aliphatic hydroxyl groups is 2. The Kier molecular flexibility index (Phi) is 7.05. The van der Waals surface area contributed by atoms with E-state index in [1.165, 1.54) is 5.57 Å². The first-order valence-electron chi connectivity index (χ1n) is 7.98. The highest BCUT2D eigenvalue weighted by Gasteiger charge is 2.30. The van der Waals surface area contributed by atoms with Crippen molar-refractivity contribution in [2.45, 2.75) is 53.6 Å². The fourth-order valence-electron chi connectivity index (χ4n) is 2.75. The molecule has 1 aliphatic carbocycles. The standard InChI is InChI=1S/C20H30O2/c1-15(7-6-8-16(2)12-14-21)9-10-18-17(3)19(22)11-13-20(18,4)5/h6-10,12,19,21-22H,11,13-14H2,1-5H3/b8-6+,10-9+,15-7+,16-12+/t19-/m1/s1. The maximum Gasteiger partial charge on any atom is 0.0753 e. The summed E-state index contributed by atoms with van der Waals surface area (Å²) in [5.41, 5.74) is 4.67. The molecule has 0 saturated heterocycles. The molecule has 0 radical (unpaired) electrons. The molecule has 2 heteroatoms. The number of allylic oxidation sites excluding steroid dienone is 8. The van der Waals surface area contributed by atoms with E-state index in [9.17, 15) is 5.11 Å². The number of hydrogen-bond donors (Lipinski definition) is 2. The molecule has 0 aliphatic heterocycles. The quantitative estimate of drug-likeness (QED) is 0.735. The van der Waals surface area contributed by atoms with Crippen LogP contribution in [0.5, 0.6) is 0 Å². The van der Waals surface area contributed by atoms with Gasteiger partial charge in [0.1, 0.15) is 0 Å². The second kappa shape index (κ2) is 8.30. The van der Waals surface area contributed by atoms with E-state index in [1.807, 2.05) is 32.1 Å². The first-order chi connectivity index (χ1) is 10.3. The van der Waals surface area contributed by atoms with Gasteiger partial charge in [-0.25, -0.2) is 0 Å². The van der Waals surface area contributed by atoms with Crippen LogP contribution >= 0.6 is 0 Å². The summed E-state index contributed by atoms with van der Waals surface area (Å²) < 4.78 is 0. The van der Waals surface area contributed by atoms with Gasteiger partial charge < -0.3 is 10.2 Å². The van der Waals surface area contributed by atoms with E-state index in [-0.39, 0.29) is 18.1 Å². The fourth-order valence-corrected chi connectivity index (χ4v) is 2.75. The normalized spacial score (nSPS) is 23.9. The van der Waals surface area contributed by atoms with E-state index >= 15 is 0 Å². The molecule has 0 aromatic heterocycles. The van der Waals surface area contributed by atoms with Crippen molar-refractivity contribution in [2.24, 2.45) is 5.41 Å². The Balaban J connectivity index is 2.86. The fraction of sp³-hybridized carbons (Fsp3) is 0.500. The molecule has 0 heterocycles. The van der Waals surface area contributed by atoms with Crippen molar-refractivity contribution in [1.29, 1.82) is 0 Å². The lowest BCUT2D eigenvalue weighted by Gasteiger charge is -2.35. The van der Waals surface area contributed by atoms with E-state index in [0.29, 0.717) is 0 Å². The van der Waals surface area contributed by atoms with Gasteiger partial charge in [-0.2, -0.15) is 0 Å². The molecule has 0 aromatic rings. The molecule has 0 unspecified atom stereocenters. The third-order valence-corrected chi connectivity index (χ3v) is 4.34. The summed E-state index contributed by atoms with van der Waals surface area (Å²) in [5.74, 6) is 0. The van der Waals surface area contributed by atoms with Crippen LogP contribution in [0.2, 0.25) is 0 Å². The van der Waals surface area contributed by atoms with Crippen LogP contribution < -0.4 is 0 Å². The van der Waals surface area contributed by atoms with Crippen LogP contribution in [0, 0.1) is 5.41 Å². The third-order valence-electron chi connectivity index (χ3n) is 4.34. The maximum atomic E-state index is 10.1. The largest absolute Gasteiger partial charge is 0.392 e. The van der Waals surface area contributed by atoms with Gasteiger partial charge in [0, 0.05) is 0 Å². The highest BCUT2D eigenvalue weighted by molar-refractivity contribution is 5.38. The molecule has 0 saturated carbocycles. The van der Waals surface area contributed by atoms with Crippen molar-refractivity contribution >= 4 is 0 Å². The van der Waals surface area contributed by atoms with Crippen molar-refractivity contribution in [1.82, 2.24) is 0 Å². The van der Waals surface area contributed by atoms with Gasteiger partial charge in [-0.1, -0.05) is 61.4 Å². The first kappa shape index (κ1) is 18.7. The molecular weight excluding hydrogens is 272 g/mol. The van der Waals surface area contributed by atoms with Crippen LogP contribution in [-0.4, -0.2) is 22.9 Å². The number of aliphatic hydroxyl groups excluding tert-OH is 2. The molecule has 1 rings (SSSR count). The molecule has 1 aliphatic rings. The van der Waals surface area contributed by atoms with Crippen LogP contribution in [0.15, 0.2) is 58.7 Å². The predicted octanol–water partition coefficient (Wildman–Crippen LogP) is 4.48. The lowest BCUT2D eigenvalue weighted by atomic mass is 9.71. The lowest BCUT2D eigenvalue weighted by molar-refractivity contribution is 0.163. The zero-order valence-corrected chi connectivity index (χ0v) is 14.6. The van der Waals surface area contributed by atoms with Crippen LogP contribution in [0.3, 0.4) is 0 Å². The van der Waals surface area contributed by atoms with E-state index in [1.54, 1.807) is 6.08 Å². The lowest BCUT2D eigenvalue weighted by Crippen LogP contribution is -2.27. The summed E-state index contributed by atoms with van der Waals surface area (Å²) in [5, 5.41) is 18.9. The van der Waals surface area contributed by atoms with Gasteiger partial charge in [-0.3, -0.25) is 0 Å². The van der Waals surface area contributed by atoms with Crippen LogP contribution in [-0.2, 0) is 0 Å². The minimum absolute atomic E-state index is 0.0730. The zero-order valence-electron chi connectivity index (χ0n) is 14.6. The van der Waals surface area contributed by atoms with Gasteiger partial charge in [-0.15, -0.1) is 0 Å². The maximum absolute atomic E-state index is 10.1. The van der Waals surface area contributed by atoms with Gasteiger partial charge >= 0.3 is 0 Å². The van der Waals surface area contributed by atoms with Crippen LogP contribution in [0.1, 0.15) is 47.5 Å². The number of hydrogen-bond acceptors (Lipinski definition) is 2. The van der Waals surface area contributed by atoms with E-state index in [2.05, 4.69) is 32.9 Å². The Labute approximate surface area is 135 Å². The average Bonchev–Trinajstić information content (AvgIpc) is 2.43. The summed E-state index contributed by atoms with van der Waals surface area (Å²) in [6.45, 7) is 10.6. The molecular formula is C20H30O2. The average molecular weight is 302 g/mol. The Bertz CT molecular complexity index is 528. The van der Waals surface area contributed by atoms with Gasteiger partial charge in [0.05, 0.1) is 12.7 Å². The summed E-state index contributed by atoms with van der Waals surface area (Å²) in [6, 6.07) is 0. The van der Waals surface area contributed by atoms with Crippen LogP contribution in [0.4, 0.5) is 0 Å². The second-order valence-electron chi connectivity index (χ2n) is 6.77. The van der Waals surface area contributed by atoms with E-state index in [4.69, 9.17) is 5.11 Å². The molecule has 0 bridgehead atoms. The SMILES string of the molecule is CC1=C(/C=C/C(C)=C/C=C/C(C)=C/CO)C(C)(C)CC[C@H]1O. The summed E-state index contributed by atoms with van der Waals surface area (Å²) >= 11 is 0. The Hall–Kier alpha value is -1.38. The minimum atomic E-state index is -0.303. The minimum Gasteiger partial charge on any atom is -0.392 e. The monoisotopic (exact) mass is 302 g/mol. The van der Waals surface area contributed by atoms with Crippen molar-refractivity contribution in [3.63, 3.8) is 0 Å². The molecule has 2 nitrogen and oxygen atoms in total. The first-order valence-corrected chi connectivity index (χ1v) is 7.98. The predicted molar refractivity (Wildman–Crippen MR) is 94.6 cm³/mol. The van der Waals surface area contributed by atoms with Gasteiger partial charge in [0.25, 0.3) is 0 Å². The molecule has 0 amide bonds. The topological polar surface area (TPSA) is 40.5 Å². The Morgan fingerprint density at radius 3 is 2.55 bits per heavy atom. The molecule has 22 heavy (non-hydrogen) atoms. The molecule has 0 fully saturated rings. The van der Waals surface area contributed by atoms with Crippen molar-refractivity contribution in [2.75, 3.05) is 6.61 Å². The van der Waals surface area contributed by atoms with Crippen molar-refractivity contribution in [3.05, 3.63) is 58.7 Å². The molecule has 0 spiro atoms. The summed E-state index contributed by atoms with van der Waals surface area (Å²) in [4.78, 5) is 0. The number of rotatable bonds is 5. The van der Waals surface area contributed by atoms with Crippen molar-refractivity contribution < 1.29 is 10.2 Å². The molecule has 122 valence electrons. The van der Waals surface area contributed by atoms with Gasteiger partial charge in [-0.05, 0) is 50.2 Å². The second-order valence-corrected chi connectivity index (χ2v) is 6.77. The molecule has 0 aromatic carbocycles. The smallest absolute Gasteiger partial charge is 0.0753 e. The highest BCUT2D eigenvalue weighted by atomic mass is 16.3. The van der Waals surface area contributed by atoms with Gasteiger partial charge in [0.15, 0.2) is 0 Å².